The number of rotatable bonds is 10. The smallest absolute Gasteiger partial charge is 0.241 e. The molecule has 7 nitrogen and oxygen atoms in total. The molecule has 0 bridgehead atoms. The molecule has 0 atom stereocenters. The van der Waals surface area contributed by atoms with Gasteiger partial charge in [-0.1, -0.05) is 49.2 Å². The molecule has 0 radical (unpaired) electrons. The molecule has 8 heteroatoms. The van der Waals surface area contributed by atoms with E-state index in [-0.39, 0.29) is 0 Å². The molecule has 0 aliphatic carbocycles. The summed E-state index contributed by atoms with van der Waals surface area (Å²) in [5.74, 6) is 1.46. The minimum Gasteiger partial charge on any atom is -0.382 e. The monoisotopic (exact) mass is 493 g/mol. The zero-order valence-electron chi connectivity index (χ0n) is 21.1. The third-order valence-electron chi connectivity index (χ3n) is 6.42. The van der Waals surface area contributed by atoms with Gasteiger partial charge in [-0.3, -0.25) is 0 Å². The zero-order valence-corrected chi connectivity index (χ0v) is 21.9. The number of unbranched alkanes of at least 4 members (excludes halogenated alkanes) is 2. The largest absolute Gasteiger partial charge is 0.382 e. The average Bonchev–Trinajstić information content (AvgIpc) is 3.16. The summed E-state index contributed by atoms with van der Waals surface area (Å²) < 4.78 is 31.0. The molecule has 2 aromatic heterocycles. The number of hydrogen-bond acceptors (Lipinski definition) is 5. The quantitative estimate of drug-likeness (QED) is 0.296. The van der Waals surface area contributed by atoms with Crippen molar-refractivity contribution in [1.29, 1.82) is 0 Å². The first-order valence-electron chi connectivity index (χ1n) is 12.3. The molecule has 4 rings (SSSR count). The minimum absolute atomic E-state index is 0.385. The lowest BCUT2D eigenvalue weighted by atomic mass is 10.1. The van der Waals surface area contributed by atoms with Crippen molar-refractivity contribution in [3.8, 4) is 0 Å². The zero-order chi connectivity index (χ0) is 25.2. The van der Waals surface area contributed by atoms with E-state index >= 15 is 0 Å². The first kappa shape index (κ1) is 25.1. The van der Waals surface area contributed by atoms with Gasteiger partial charge in [0.1, 0.15) is 11.3 Å². The van der Waals surface area contributed by atoms with Crippen LogP contribution < -0.4 is 10.5 Å². The van der Waals surface area contributed by atoms with Gasteiger partial charge in [0, 0.05) is 24.9 Å². The van der Waals surface area contributed by atoms with Crippen molar-refractivity contribution >= 4 is 37.8 Å². The molecular formula is C27H35N5O2S. The Morgan fingerprint density at radius 1 is 1.00 bits per heavy atom. The topological polar surface area (TPSA) is 103 Å². The summed E-state index contributed by atoms with van der Waals surface area (Å²) in [6.07, 6.45) is 4.53. The first-order valence-corrected chi connectivity index (χ1v) is 13.8. The Morgan fingerprint density at radius 3 is 2.43 bits per heavy atom. The Kier molecular flexibility index (Phi) is 7.42. The molecule has 0 aliphatic rings. The van der Waals surface area contributed by atoms with E-state index in [1.54, 1.807) is 0 Å². The van der Waals surface area contributed by atoms with Crippen LogP contribution in [0.15, 0.2) is 41.3 Å². The Hall–Kier alpha value is -2.97. The van der Waals surface area contributed by atoms with Gasteiger partial charge in [0.05, 0.1) is 15.9 Å². The Morgan fingerprint density at radius 2 is 1.71 bits per heavy atom. The fraction of sp³-hybridized carbons (Fsp3) is 0.407. The highest BCUT2D eigenvalue weighted by atomic mass is 32.2. The van der Waals surface area contributed by atoms with Gasteiger partial charge < -0.3 is 10.3 Å². The lowest BCUT2D eigenvalue weighted by molar-refractivity contribution is 0.560. The fourth-order valence-corrected chi connectivity index (χ4v) is 6.46. The van der Waals surface area contributed by atoms with Crippen molar-refractivity contribution in [2.24, 2.45) is 0 Å². The summed E-state index contributed by atoms with van der Waals surface area (Å²) in [6.45, 7) is 8.97. The summed E-state index contributed by atoms with van der Waals surface area (Å²) >= 11 is 0. The Bertz CT molecular complexity index is 1450. The second-order valence-corrected chi connectivity index (χ2v) is 11.0. The number of aromatic nitrogens is 3. The number of pyridine rings is 1. The summed E-state index contributed by atoms with van der Waals surface area (Å²) in [4.78, 5) is 9.81. The highest BCUT2D eigenvalue weighted by molar-refractivity contribution is 7.89. The van der Waals surface area contributed by atoms with Gasteiger partial charge in [-0.05, 0) is 57.2 Å². The lowest BCUT2D eigenvalue weighted by Gasteiger charge is -2.14. The van der Waals surface area contributed by atoms with Crippen LogP contribution in [0.3, 0.4) is 0 Å². The molecule has 4 aromatic rings. The number of nitrogen functional groups attached to an aromatic ring is 1. The van der Waals surface area contributed by atoms with Gasteiger partial charge >= 0.3 is 0 Å². The van der Waals surface area contributed by atoms with Gasteiger partial charge in [0.15, 0.2) is 5.82 Å². The standard InChI is InChI=1S/C27H35N5O2S/c1-5-6-13-23-31-24-25(21-11-7-8-12-22(21)30-27(24)28)32(23)15-10-9-14-29-35(33,34)26-19(3)16-18(2)17-20(26)4/h7-8,11-12,16-17,29H,5-6,9-10,13-15H2,1-4H3,(H2,28,30). The van der Waals surface area contributed by atoms with Crippen LogP contribution in [0.25, 0.3) is 21.9 Å². The van der Waals surface area contributed by atoms with Gasteiger partial charge in [-0.25, -0.2) is 23.1 Å². The number of imidazole rings is 1. The van der Waals surface area contributed by atoms with E-state index in [1.807, 2.05) is 51.1 Å². The average molecular weight is 494 g/mol. The Balaban J connectivity index is 1.52. The SMILES string of the molecule is CCCCc1nc2c(N)nc3ccccc3c2n1CCCCNS(=O)(=O)c1c(C)cc(C)cc1C. The summed E-state index contributed by atoms with van der Waals surface area (Å²) in [7, 11) is -3.56. The van der Waals surface area contributed by atoms with Gasteiger partial charge in [-0.15, -0.1) is 0 Å². The highest BCUT2D eigenvalue weighted by Crippen LogP contribution is 2.29. The molecule has 0 fully saturated rings. The van der Waals surface area contributed by atoms with Crippen molar-refractivity contribution in [2.45, 2.75) is 71.2 Å². The number of benzene rings is 2. The van der Waals surface area contributed by atoms with Gasteiger partial charge in [-0.2, -0.15) is 0 Å². The molecule has 0 spiro atoms. The third-order valence-corrected chi connectivity index (χ3v) is 8.18. The van der Waals surface area contributed by atoms with Crippen molar-refractivity contribution < 1.29 is 8.42 Å². The molecule has 2 aromatic carbocycles. The summed E-state index contributed by atoms with van der Waals surface area (Å²) in [6, 6.07) is 11.8. The number of fused-ring (bicyclic) bond motifs is 3. The predicted octanol–water partition coefficient (Wildman–Crippen LogP) is 5.19. The first-order chi connectivity index (χ1) is 16.7. The van der Waals surface area contributed by atoms with Crippen LogP contribution in [0.1, 0.15) is 55.1 Å². The Labute approximate surface area is 207 Å². The van der Waals surface area contributed by atoms with E-state index in [0.29, 0.717) is 23.7 Å². The van der Waals surface area contributed by atoms with Crippen molar-refractivity contribution in [2.75, 3.05) is 12.3 Å². The van der Waals surface area contributed by atoms with Crippen molar-refractivity contribution in [1.82, 2.24) is 19.3 Å². The van der Waals surface area contributed by atoms with Crippen LogP contribution in [-0.2, 0) is 23.0 Å². The molecule has 186 valence electrons. The van der Waals surface area contributed by atoms with E-state index in [4.69, 9.17) is 10.7 Å². The maximum absolute atomic E-state index is 13.0. The number of aryl methyl sites for hydroxylation is 5. The highest BCUT2D eigenvalue weighted by Gasteiger charge is 2.20. The molecule has 0 unspecified atom stereocenters. The van der Waals surface area contributed by atoms with Crippen molar-refractivity contribution in [3.05, 3.63) is 58.9 Å². The predicted molar refractivity (Wildman–Crippen MR) is 143 cm³/mol. The summed E-state index contributed by atoms with van der Waals surface area (Å²) in [5.41, 5.74) is 11.5. The second kappa shape index (κ2) is 10.3. The number of nitrogens with one attached hydrogen (secondary N) is 1. The van der Waals surface area contributed by atoms with Crippen LogP contribution in [0.5, 0.6) is 0 Å². The number of sulfonamides is 1. The lowest BCUT2D eigenvalue weighted by Crippen LogP contribution is -2.26. The number of nitrogens with zero attached hydrogens (tertiary/aromatic N) is 3. The van der Waals surface area contributed by atoms with E-state index in [0.717, 1.165) is 76.7 Å². The fourth-order valence-electron chi connectivity index (χ4n) is 4.94. The maximum atomic E-state index is 13.0. The molecule has 3 N–H and O–H groups in total. The normalized spacial score (nSPS) is 12.1. The third kappa shape index (κ3) is 5.18. The van der Waals surface area contributed by atoms with Gasteiger partial charge in [0.25, 0.3) is 0 Å². The van der Waals surface area contributed by atoms with Crippen LogP contribution in [0.4, 0.5) is 5.82 Å². The van der Waals surface area contributed by atoms with E-state index in [1.165, 1.54) is 0 Å². The van der Waals surface area contributed by atoms with Crippen molar-refractivity contribution in [3.63, 3.8) is 0 Å². The summed E-state index contributed by atoms with van der Waals surface area (Å²) in [5, 5.41) is 1.04. The molecule has 0 aliphatic heterocycles. The van der Waals surface area contributed by atoms with Crippen LogP contribution in [0.2, 0.25) is 0 Å². The minimum atomic E-state index is -3.56. The van der Waals surface area contributed by atoms with Gasteiger partial charge in [0.2, 0.25) is 10.0 Å². The molecule has 0 saturated carbocycles. The number of nitrogens with two attached hydrogens (primary N) is 1. The molecule has 35 heavy (non-hydrogen) atoms. The molecule has 0 saturated heterocycles. The van der Waals surface area contributed by atoms with Crippen LogP contribution >= 0.6 is 0 Å². The van der Waals surface area contributed by atoms with E-state index in [2.05, 4.69) is 27.3 Å². The number of hydrogen-bond donors (Lipinski definition) is 2. The number of para-hydroxylation sites is 1. The molecular weight excluding hydrogens is 458 g/mol. The molecule has 2 heterocycles. The van der Waals surface area contributed by atoms with Crippen LogP contribution in [-0.4, -0.2) is 29.5 Å². The van der Waals surface area contributed by atoms with E-state index < -0.39 is 10.0 Å². The van der Waals surface area contributed by atoms with Crippen LogP contribution in [0, 0.1) is 20.8 Å². The maximum Gasteiger partial charge on any atom is 0.241 e. The number of anilines is 1. The second-order valence-electron chi connectivity index (χ2n) is 9.33. The molecule has 0 amide bonds. The van der Waals surface area contributed by atoms with E-state index in [9.17, 15) is 8.42 Å².